The zero-order valence-corrected chi connectivity index (χ0v) is 11.5. The van der Waals surface area contributed by atoms with Gasteiger partial charge in [-0.25, -0.2) is 8.42 Å². The summed E-state index contributed by atoms with van der Waals surface area (Å²) in [5.41, 5.74) is 5.69. The van der Waals surface area contributed by atoms with Crippen molar-refractivity contribution in [2.24, 2.45) is 12.8 Å². The van der Waals surface area contributed by atoms with E-state index in [4.69, 9.17) is 5.73 Å². The molecule has 102 valence electrons. The number of hydrogen-bond acceptors (Lipinski definition) is 5. The second-order valence-corrected chi connectivity index (χ2v) is 6.40. The van der Waals surface area contributed by atoms with Crippen LogP contribution in [0.3, 0.4) is 0 Å². The Bertz CT molecular complexity index is 512. The maximum atomic E-state index is 12.5. The van der Waals surface area contributed by atoms with Crippen LogP contribution in [0.15, 0.2) is 17.3 Å². The lowest BCUT2D eigenvalue weighted by Gasteiger charge is -2.38. The van der Waals surface area contributed by atoms with Gasteiger partial charge in [-0.05, 0) is 13.1 Å². The fourth-order valence-electron chi connectivity index (χ4n) is 2.24. The standard InChI is InChI=1S/C10H19N5O2S/c1-13-5-6-15(9(7-11)8-13)18(16,17)10-3-4-12-14(10)2/h3-4,9H,5-8,11H2,1-2H3. The van der Waals surface area contributed by atoms with Crippen LogP contribution >= 0.6 is 0 Å². The lowest BCUT2D eigenvalue weighted by atomic mass is 10.2. The van der Waals surface area contributed by atoms with Gasteiger partial charge in [0.05, 0.1) is 12.2 Å². The van der Waals surface area contributed by atoms with Crippen molar-refractivity contribution in [1.29, 1.82) is 0 Å². The molecule has 0 bridgehead atoms. The van der Waals surface area contributed by atoms with Crippen molar-refractivity contribution in [3.05, 3.63) is 12.3 Å². The molecule has 7 nitrogen and oxygen atoms in total. The Kier molecular flexibility index (Phi) is 3.71. The number of sulfonamides is 1. The molecule has 0 amide bonds. The van der Waals surface area contributed by atoms with E-state index in [-0.39, 0.29) is 11.1 Å². The van der Waals surface area contributed by atoms with E-state index in [1.165, 1.54) is 21.3 Å². The zero-order valence-electron chi connectivity index (χ0n) is 10.7. The molecule has 0 saturated carbocycles. The minimum absolute atomic E-state index is 0.177. The second-order valence-electron chi connectivity index (χ2n) is 4.56. The van der Waals surface area contributed by atoms with Gasteiger partial charge in [0.25, 0.3) is 10.0 Å². The maximum absolute atomic E-state index is 12.5. The predicted octanol–water partition coefficient (Wildman–Crippen LogP) is -1.32. The summed E-state index contributed by atoms with van der Waals surface area (Å²) >= 11 is 0. The molecule has 0 spiro atoms. The average Bonchev–Trinajstić information content (AvgIpc) is 2.75. The van der Waals surface area contributed by atoms with Crippen molar-refractivity contribution in [3.8, 4) is 0 Å². The van der Waals surface area contributed by atoms with Crippen LogP contribution in [0.25, 0.3) is 0 Å². The summed E-state index contributed by atoms with van der Waals surface area (Å²) < 4.78 is 27.9. The van der Waals surface area contributed by atoms with Crippen LogP contribution in [0.1, 0.15) is 0 Å². The Labute approximate surface area is 107 Å². The van der Waals surface area contributed by atoms with Gasteiger partial charge in [0.1, 0.15) is 0 Å². The average molecular weight is 273 g/mol. The Balaban J connectivity index is 2.32. The van der Waals surface area contributed by atoms with E-state index < -0.39 is 10.0 Å². The van der Waals surface area contributed by atoms with Crippen molar-refractivity contribution in [2.45, 2.75) is 11.1 Å². The van der Waals surface area contributed by atoms with Gasteiger partial charge < -0.3 is 10.6 Å². The zero-order chi connectivity index (χ0) is 13.3. The second kappa shape index (κ2) is 4.96. The summed E-state index contributed by atoms with van der Waals surface area (Å²) in [7, 11) is 0.0874. The van der Waals surface area contributed by atoms with Crippen LogP contribution in [0.2, 0.25) is 0 Å². The number of nitrogens with two attached hydrogens (primary N) is 1. The summed E-state index contributed by atoms with van der Waals surface area (Å²) in [5.74, 6) is 0. The molecular formula is C10H19N5O2S. The number of nitrogens with zero attached hydrogens (tertiary/aromatic N) is 4. The topological polar surface area (TPSA) is 84.5 Å². The van der Waals surface area contributed by atoms with E-state index in [2.05, 4.69) is 10.00 Å². The third-order valence-electron chi connectivity index (χ3n) is 3.25. The first-order valence-electron chi connectivity index (χ1n) is 5.85. The molecular weight excluding hydrogens is 254 g/mol. The number of aryl methyl sites for hydroxylation is 1. The third kappa shape index (κ3) is 2.28. The van der Waals surface area contributed by atoms with E-state index in [1.807, 2.05) is 7.05 Å². The molecule has 0 radical (unpaired) electrons. The van der Waals surface area contributed by atoms with E-state index in [0.29, 0.717) is 26.2 Å². The Hall–Kier alpha value is -0.960. The number of likely N-dealkylation sites (N-methyl/N-ethyl adjacent to an activating group) is 1. The number of piperazine rings is 1. The Morgan fingerprint density at radius 3 is 2.72 bits per heavy atom. The van der Waals surface area contributed by atoms with Crippen LogP contribution in [0.4, 0.5) is 0 Å². The van der Waals surface area contributed by atoms with Crippen LogP contribution in [-0.2, 0) is 17.1 Å². The molecule has 18 heavy (non-hydrogen) atoms. The maximum Gasteiger partial charge on any atom is 0.260 e. The molecule has 1 aromatic heterocycles. The molecule has 0 aliphatic carbocycles. The minimum Gasteiger partial charge on any atom is -0.329 e. The first-order valence-corrected chi connectivity index (χ1v) is 7.29. The fourth-order valence-corrected chi connectivity index (χ4v) is 3.96. The van der Waals surface area contributed by atoms with Gasteiger partial charge in [-0.15, -0.1) is 0 Å². The molecule has 1 saturated heterocycles. The number of hydrogen-bond donors (Lipinski definition) is 1. The Morgan fingerprint density at radius 2 is 2.17 bits per heavy atom. The molecule has 1 aromatic rings. The van der Waals surface area contributed by atoms with E-state index in [0.717, 1.165) is 0 Å². The molecule has 2 N–H and O–H groups in total. The molecule has 2 heterocycles. The lowest BCUT2D eigenvalue weighted by molar-refractivity contribution is 0.163. The molecule has 1 aliphatic rings. The number of rotatable bonds is 3. The fraction of sp³-hybridized carbons (Fsp3) is 0.700. The SMILES string of the molecule is CN1CCN(S(=O)(=O)c2ccnn2C)C(CN)C1. The smallest absolute Gasteiger partial charge is 0.260 e. The van der Waals surface area contributed by atoms with Gasteiger partial charge in [0, 0.05) is 33.2 Å². The summed E-state index contributed by atoms with van der Waals surface area (Å²) in [5, 5.41) is 4.13. The third-order valence-corrected chi connectivity index (χ3v) is 5.28. The summed E-state index contributed by atoms with van der Waals surface area (Å²) in [6.07, 6.45) is 1.49. The molecule has 1 fully saturated rings. The van der Waals surface area contributed by atoms with Crippen LogP contribution in [0.5, 0.6) is 0 Å². The van der Waals surface area contributed by atoms with Gasteiger partial charge in [0.2, 0.25) is 0 Å². The highest BCUT2D eigenvalue weighted by Crippen LogP contribution is 2.19. The largest absolute Gasteiger partial charge is 0.329 e. The normalized spacial score (nSPS) is 23.4. The van der Waals surface area contributed by atoms with Crippen molar-refractivity contribution in [3.63, 3.8) is 0 Å². The molecule has 8 heteroatoms. The highest BCUT2D eigenvalue weighted by Gasteiger charge is 2.35. The first-order chi connectivity index (χ1) is 8.46. The van der Waals surface area contributed by atoms with Crippen molar-refractivity contribution < 1.29 is 8.42 Å². The van der Waals surface area contributed by atoms with E-state index in [9.17, 15) is 8.42 Å². The number of aromatic nitrogens is 2. The van der Waals surface area contributed by atoms with Gasteiger partial charge in [-0.1, -0.05) is 0 Å². The summed E-state index contributed by atoms with van der Waals surface area (Å²) in [6, 6.07) is 1.34. The molecule has 1 atom stereocenters. The van der Waals surface area contributed by atoms with Crippen LogP contribution in [0, 0.1) is 0 Å². The molecule has 1 aliphatic heterocycles. The van der Waals surface area contributed by atoms with Gasteiger partial charge in [-0.3, -0.25) is 4.68 Å². The first kappa shape index (κ1) is 13.5. The quantitative estimate of drug-likeness (QED) is 0.738. The molecule has 2 rings (SSSR count). The van der Waals surface area contributed by atoms with Crippen molar-refractivity contribution >= 4 is 10.0 Å². The molecule has 1 unspecified atom stereocenters. The highest BCUT2D eigenvalue weighted by atomic mass is 32.2. The summed E-state index contributed by atoms with van der Waals surface area (Å²) in [6.45, 7) is 2.16. The van der Waals surface area contributed by atoms with Crippen molar-refractivity contribution in [1.82, 2.24) is 19.0 Å². The van der Waals surface area contributed by atoms with Crippen molar-refractivity contribution in [2.75, 3.05) is 33.2 Å². The predicted molar refractivity (Wildman–Crippen MR) is 67.4 cm³/mol. The van der Waals surface area contributed by atoms with Crippen LogP contribution in [-0.4, -0.2) is 66.7 Å². The minimum atomic E-state index is -3.51. The van der Waals surface area contributed by atoms with Gasteiger partial charge in [0.15, 0.2) is 5.03 Å². The van der Waals surface area contributed by atoms with Gasteiger partial charge >= 0.3 is 0 Å². The van der Waals surface area contributed by atoms with E-state index >= 15 is 0 Å². The molecule has 0 aromatic carbocycles. The highest BCUT2D eigenvalue weighted by molar-refractivity contribution is 7.89. The van der Waals surface area contributed by atoms with Gasteiger partial charge in [-0.2, -0.15) is 9.40 Å². The van der Waals surface area contributed by atoms with E-state index in [1.54, 1.807) is 7.05 Å². The Morgan fingerprint density at radius 1 is 1.44 bits per heavy atom. The monoisotopic (exact) mass is 273 g/mol. The lowest BCUT2D eigenvalue weighted by Crippen LogP contribution is -2.56. The van der Waals surface area contributed by atoms with Crippen LogP contribution < -0.4 is 5.73 Å². The summed E-state index contributed by atoms with van der Waals surface area (Å²) in [4.78, 5) is 2.09.